The summed E-state index contributed by atoms with van der Waals surface area (Å²) in [4.78, 5) is 6.48. The third kappa shape index (κ3) is 8.73. The quantitative estimate of drug-likeness (QED) is 0.622. The zero-order valence-electron chi connectivity index (χ0n) is 12.6. The van der Waals surface area contributed by atoms with E-state index in [0.717, 1.165) is 19.5 Å². The molecule has 19 heavy (non-hydrogen) atoms. The number of nitrogens with zero attached hydrogens (tertiary/aromatic N) is 2. The highest BCUT2D eigenvalue weighted by molar-refractivity contribution is 5.09. The molecule has 1 N–H and O–H groups in total. The molecular weight excluding hydrogens is 234 g/mol. The predicted molar refractivity (Wildman–Crippen MR) is 82.4 cm³/mol. The first-order valence-electron chi connectivity index (χ1n) is 7.61. The molecule has 0 saturated carbocycles. The Morgan fingerprint density at radius 1 is 1.05 bits per heavy atom. The molecule has 0 atom stereocenters. The van der Waals surface area contributed by atoms with Crippen molar-refractivity contribution in [3.05, 3.63) is 30.1 Å². The standard InChI is InChI=1S/C16H29N3/c1-3-17-11-6-4-5-7-14-19(2)15-10-16-8-12-18-13-9-16/h8-9,12-13,17H,3-7,10-11,14-15H2,1-2H3. The van der Waals surface area contributed by atoms with Crippen molar-refractivity contribution < 1.29 is 0 Å². The Hall–Kier alpha value is -0.930. The smallest absolute Gasteiger partial charge is 0.0270 e. The van der Waals surface area contributed by atoms with Crippen LogP contribution >= 0.6 is 0 Å². The molecule has 0 amide bonds. The van der Waals surface area contributed by atoms with Crippen LogP contribution in [0.15, 0.2) is 24.5 Å². The fourth-order valence-corrected chi connectivity index (χ4v) is 2.14. The SMILES string of the molecule is CCNCCCCCCN(C)CCc1ccncc1. The van der Waals surface area contributed by atoms with Gasteiger partial charge in [0.1, 0.15) is 0 Å². The van der Waals surface area contributed by atoms with Crippen molar-refractivity contribution >= 4 is 0 Å². The number of hydrogen-bond donors (Lipinski definition) is 1. The summed E-state index contributed by atoms with van der Waals surface area (Å²) in [5.74, 6) is 0. The minimum absolute atomic E-state index is 1.09. The third-order valence-corrected chi connectivity index (χ3v) is 3.42. The van der Waals surface area contributed by atoms with Gasteiger partial charge in [0, 0.05) is 18.9 Å². The molecule has 0 aromatic carbocycles. The molecule has 0 aliphatic rings. The summed E-state index contributed by atoms with van der Waals surface area (Å²) < 4.78 is 0. The fraction of sp³-hybridized carbons (Fsp3) is 0.688. The van der Waals surface area contributed by atoms with Gasteiger partial charge in [0.25, 0.3) is 0 Å². The van der Waals surface area contributed by atoms with Gasteiger partial charge in [-0.2, -0.15) is 0 Å². The van der Waals surface area contributed by atoms with Gasteiger partial charge in [0.2, 0.25) is 0 Å². The van der Waals surface area contributed by atoms with E-state index in [1.54, 1.807) is 0 Å². The molecule has 0 saturated heterocycles. The average molecular weight is 263 g/mol. The summed E-state index contributed by atoms with van der Waals surface area (Å²) in [6, 6.07) is 4.21. The molecule has 0 aliphatic heterocycles. The second-order valence-corrected chi connectivity index (χ2v) is 5.18. The van der Waals surface area contributed by atoms with Gasteiger partial charge in [-0.25, -0.2) is 0 Å². The summed E-state index contributed by atoms with van der Waals surface area (Å²) in [6.07, 6.45) is 10.2. The van der Waals surface area contributed by atoms with Crippen LogP contribution in [0.3, 0.4) is 0 Å². The number of aromatic nitrogens is 1. The number of rotatable bonds is 11. The lowest BCUT2D eigenvalue weighted by Gasteiger charge is -2.16. The van der Waals surface area contributed by atoms with E-state index in [9.17, 15) is 0 Å². The second-order valence-electron chi connectivity index (χ2n) is 5.18. The summed E-state index contributed by atoms with van der Waals surface area (Å²) >= 11 is 0. The Labute approximate surface area is 118 Å². The van der Waals surface area contributed by atoms with Crippen LogP contribution < -0.4 is 5.32 Å². The van der Waals surface area contributed by atoms with Crippen molar-refractivity contribution in [1.29, 1.82) is 0 Å². The highest BCUT2D eigenvalue weighted by atomic mass is 15.1. The molecule has 0 bridgehead atoms. The number of hydrogen-bond acceptors (Lipinski definition) is 3. The van der Waals surface area contributed by atoms with Crippen molar-refractivity contribution in [3.8, 4) is 0 Å². The monoisotopic (exact) mass is 263 g/mol. The fourth-order valence-electron chi connectivity index (χ4n) is 2.14. The number of unbranched alkanes of at least 4 members (excludes halogenated alkanes) is 3. The molecule has 0 fully saturated rings. The Morgan fingerprint density at radius 3 is 2.53 bits per heavy atom. The van der Waals surface area contributed by atoms with E-state index >= 15 is 0 Å². The summed E-state index contributed by atoms with van der Waals surface area (Å²) in [5.41, 5.74) is 1.38. The summed E-state index contributed by atoms with van der Waals surface area (Å²) in [6.45, 7) is 6.79. The lowest BCUT2D eigenvalue weighted by atomic mass is 10.1. The molecular formula is C16H29N3. The van der Waals surface area contributed by atoms with Crippen LogP contribution in [-0.4, -0.2) is 43.1 Å². The third-order valence-electron chi connectivity index (χ3n) is 3.42. The normalized spacial score (nSPS) is 11.1. The minimum atomic E-state index is 1.09. The highest BCUT2D eigenvalue weighted by Gasteiger charge is 1.99. The zero-order chi connectivity index (χ0) is 13.8. The van der Waals surface area contributed by atoms with Gasteiger partial charge in [0.05, 0.1) is 0 Å². The van der Waals surface area contributed by atoms with Gasteiger partial charge < -0.3 is 10.2 Å². The van der Waals surface area contributed by atoms with E-state index in [0.29, 0.717) is 0 Å². The Bertz CT molecular complexity index is 300. The molecule has 1 aromatic heterocycles. The van der Waals surface area contributed by atoms with E-state index in [1.807, 2.05) is 12.4 Å². The minimum Gasteiger partial charge on any atom is -0.317 e. The summed E-state index contributed by atoms with van der Waals surface area (Å²) in [7, 11) is 2.22. The molecule has 0 aliphatic carbocycles. The van der Waals surface area contributed by atoms with Crippen LogP contribution in [0, 0.1) is 0 Å². The zero-order valence-corrected chi connectivity index (χ0v) is 12.6. The van der Waals surface area contributed by atoms with Crippen LogP contribution in [0.5, 0.6) is 0 Å². The maximum atomic E-state index is 4.05. The molecule has 0 spiro atoms. The lowest BCUT2D eigenvalue weighted by molar-refractivity contribution is 0.327. The average Bonchev–Trinajstić information content (AvgIpc) is 2.45. The van der Waals surface area contributed by atoms with Crippen LogP contribution in [-0.2, 0) is 6.42 Å². The van der Waals surface area contributed by atoms with Crippen LogP contribution in [0.4, 0.5) is 0 Å². The van der Waals surface area contributed by atoms with Gasteiger partial charge in [0.15, 0.2) is 0 Å². The maximum Gasteiger partial charge on any atom is 0.0270 e. The first-order chi connectivity index (χ1) is 9.33. The molecule has 0 radical (unpaired) electrons. The Morgan fingerprint density at radius 2 is 1.79 bits per heavy atom. The maximum absolute atomic E-state index is 4.05. The largest absolute Gasteiger partial charge is 0.317 e. The Balaban J connectivity index is 1.95. The van der Waals surface area contributed by atoms with Gasteiger partial charge in [-0.05, 0) is 63.6 Å². The Kier molecular flexibility index (Phi) is 9.29. The van der Waals surface area contributed by atoms with Crippen molar-refractivity contribution in [2.75, 3.05) is 33.2 Å². The van der Waals surface area contributed by atoms with Gasteiger partial charge >= 0.3 is 0 Å². The summed E-state index contributed by atoms with van der Waals surface area (Å²) in [5, 5.41) is 3.37. The van der Waals surface area contributed by atoms with E-state index in [4.69, 9.17) is 0 Å². The molecule has 1 aromatic rings. The van der Waals surface area contributed by atoms with Crippen molar-refractivity contribution in [3.63, 3.8) is 0 Å². The van der Waals surface area contributed by atoms with Crippen molar-refractivity contribution in [2.45, 2.75) is 39.0 Å². The van der Waals surface area contributed by atoms with Gasteiger partial charge in [-0.3, -0.25) is 4.98 Å². The number of likely N-dealkylation sites (N-methyl/N-ethyl adjacent to an activating group) is 1. The van der Waals surface area contributed by atoms with E-state index in [2.05, 4.69) is 41.3 Å². The van der Waals surface area contributed by atoms with E-state index in [1.165, 1.54) is 44.3 Å². The predicted octanol–water partition coefficient (Wildman–Crippen LogP) is 2.73. The van der Waals surface area contributed by atoms with Gasteiger partial charge in [-0.15, -0.1) is 0 Å². The molecule has 0 unspecified atom stereocenters. The number of pyridine rings is 1. The second kappa shape index (κ2) is 10.9. The van der Waals surface area contributed by atoms with Crippen molar-refractivity contribution in [1.82, 2.24) is 15.2 Å². The number of nitrogens with one attached hydrogen (secondary N) is 1. The van der Waals surface area contributed by atoms with Gasteiger partial charge in [-0.1, -0.05) is 19.8 Å². The van der Waals surface area contributed by atoms with Crippen LogP contribution in [0.2, 0.25) is 0 Å². The van der Waals surface area contributed by atoms with Crippen molar-refractivity contribution in [2.24, 2.45) is 0 Å². The molecule has 3 heteroatoms. The first-order valence-corrected chi connectivity index (χ1v) is 7.61. The molecule has 1 rings (SSSR count). The topological polar surface area (TPSA) is 28.2 Å². The van der Waals surface area contributed by atoms with Crippen LogP contribution in [0.25, 0.3) is 0 Å². The first kappa shape index (κ1) is 16.1. The molecule has 108 valence electrons. The molecule has 3 nitrogen and oxygen atoms in total. The van der Waals surface area contributed by atoms with E-state index in [-0.39, 0.29) is 0 Å². The lowest BCUT2D eigenvalue weighted by Crippen LogP contribution is -2.22. The van der Waals surface area contributed by atoms with Crippen LogP contribution in [0.1, 0.15) is 38.2 Å². The van der Waals surface area contributed by atoms with E-state index < -0.39 is 0 Å². The highest BCUT2D eigenvalue weighted by Crippen LogP contribution is 2.02. The molecule has 1 heterocycles.